The maximum Gasteiger partial charge on any atom is 0.401 e. The summed E-state index contributed by atoms with van der Waals surface area (Å²) < 4.78 is 44.8. The third-order valence-electron chi connectivity index (χ3n) is 3.82. The molecule has 150 valence electrons. The number of alkyl halides is 3. The Balaban J connectivity index is 1.79. The second-order valence-electron chi connectivity index (χ2n) is 5.86. The van der Waals surface area contributed by atoms with Gasteiger partial charge in [0.05, 0.1) is 11.6 Å². The lowest BCUT2D eigenvalue weighted by Gasteiger charge is -2.21. The van der Waals surface area contributed by atoms with Crippen molar-refractivity contribution in [2.45, 2.75) is 31.3 Å². The lowest BCUT2D eigenvalue weighted by Crippen LogP contribution is -2.34. The molecule has 2 rings (SSSR count). The van der Waals surface area contributed by atoms with Gasteiger partial charge in [0.15, 0.2) is 11.0 Å². The summed E-state index contributed by atoms with van der Waals surface area (Å²) in [6.07, 6.45) is -3.53. The molecule has 0 unspecified atom stereocenters. The van der Waals surface area contributed by atoms with Crippen LogP contribution in [0.1, 0.15) is 19.2 Å². The predicted octanol–water partition coefficient (Wildman–Crippen LogP) is 4.41. The van der Waals surface area contributed by atoms with E-state index in [0.29, 0.717) is 47.0 Å². The van der Waals surface area contributed by atoms with Crippen LogP contribution in [-0.4, -0.2) is 51.2 Å². The van der Waals surface area contributed by atoms with Crippen molar-refractivity contribution in [2.24, 2.45) is 7.05 Å². The fourth-order valence-electron chi connectivity index (χ4n) is 2.35. The zero-order chi connectivity index (χ0) is 19.9. The van der Waals surface area contributed by atoms with Gasteiger partial charge in [-0.25, -0.2) is 0 Å². The Labute approximate surface area is 165 Å². The SMILES string of the molecule is CCN(CCCSc1nnc(COc2ccccc2Cl)n1C)CC(F)(F)F. The van der Waals surface area contributed by atoms with Gasteiger partial charge in [-0.3, -0.25) is 4.90 Å². The van der Waals surface area contributed by atoms with Gasteiger partial charge in [0.25, 0.3) is 0 Å². The second kappa shape index (κ2) is 10.2. The molecule has 0 aliphatic carbocycles. The Bertz CT molecular complexity index is 726. The van der Waals surface area contributed by atoms with E-state index in [1.165, 1.54) is 16.7 Å². The molecule has 0 N–H and O–H groups in total. The van der Waals surface area contributed by atoms with Crippen LogP contribution in [0.2, 0.25) is 5.02 Å². The first-order valence-corrected chi connectivity index (χ1v) is 9.84. The number of nitrogens with zero attached hydrogens (tertiary/aromatic N) is 4. The zero-order valence-electron chi connectivity index (χ0n) is 15.2. The molecule has 27 heavy (non-hydrogen) atoms. The van der Waals surface area contributed by atoms with Gasteiger partial charge in [0.1, 0.15) is 12.4 Å². The van der Waals surface area contributed by atoms with Crippen LogP contribution in [0.4, 0.5) is 13.2 Å². The van der Waals surface area contributed by atoms with Gasteiger partial charge < -0.3 is 9.30 Å². The highest BCUT2D eigenvalue weighted by molar-refractivity contribution is 7.99. The largest absolute Gasteiger partial charge is 0.484 e. The van der Waals surface area contributed by atoms with Crippen molar-refractivity contribution in [1.82, 2.24) is 19.7 Å². The summed E-state index contributed by atoms with van der Waals surface area (Å²) in [5, 5.41) is 9.44. The van der Waals surface area contributed by atoms with Crippen molar-refractivity contribution in [3.63, 3.8) is 0 Å². The monoisotopic (exact) mass is 422 g/mol. The number of ether oxygens (including phenoxy) is 1. The zero-order valence-corrected chi connectivity index (χ0v) is 16.7. The summed E-state index contributed by atoms with van der Waals surface area (Å²) in [5.74, 6) is 1.87. The fraction of sp³-hybridized carbons (Fsp3) is 0.529. The fourth-order valence-corrected chi connectivity index (χ4v) is 3.40. The average Bonchev–Trinajstić information content (AvgIpc) is 2.96. The number of benzene rings is 1. The molecule has 2 aromatic rings. The van der Waals surface area contributed by atoms with Gasteiger partial charge in [0, 0.05) is 12.8 Å². The highest BCUT2D eigenvalue weighted by Gasteiger charge is 2.29. The highest BCUT2D eigenvalue weighted by atomic mass is 35.5. The standard InChI is InChI=1S/C17H22ClF3N4OS/c1-3-25(12-17(19,20)21)9-6-10-27-16-23-22-15(24(16)2)11-26-14-8-5-4-7-13(14)18/h4-5,7-8H,3,6,9-12H2,1-2H3. The first-order valence-electron chi connectivity index (χ1n) is 8.47. The molecule has 0 atom stereocenters. The van der Waals surface area contributed by atoms with E-state index >= 15 is 0 Å². The number of aromatic nitrogens is 3. The summed E-state index contributed by atoms with van der Waals surface area (Å²) in [5.41, 5.74) is 0. The van der Waals surface area contributed by atoms with E-state index in [4.69, 9.17) is 16.3 Å². The summed E-state index contributed by atoms with van der Waals surface area (Å²) in [6, 6.07) is 7.17. The minimum Gasteiger partial charge on any atom is -0.484 e. The molecule has 1 aromatic carbocycles. The van der Waals surface area contributed by atoms with Crippen molar-refractivity contribution >= 4 is 23.4 Å². The highest BCUT2D eigenvalue weighted by Crippen LogP contribution is 2.24. The minimum atomic E-state index is -4.16. The predicted molar refractivity (Wildman–Crippen MR) is 100 cm³/mol. The molecule has 0 spiro atoms. The Kier molecular flexibility index (Phi) is 8.25. The second-order valence-corrected chi connectivity index (χ2v) is 7.33. The third kappa shape index (κ3) is 7.23. The smallest absolute Gasteiger partial charge is 0.401 e. The van der Waals surface area contributed by atoms with Crippen molar-refractivity contribution in [2.75, 3.05) is 25.4 Å². The molecule has 0 fully saturated rings. The van der Waals surface area contributed by atoms with Gasteiger partial charge in [-0.15, -0.1) is 10.2 Å². The number of halogens is 4. The maximum absolute atomic E-state index is 12.5. The Morgan fingerprint density at radius 2 is 2.00 bits per heavy atom. The molecule has 5 nitrogen and oxygen atoms in total. The summed E-state index contributed by atoms with van der Waals surface area (Å²) in [7, 11) is 1.83. The number of hydrogen-bond acceptors (Lipinski definition) is 5. The maximum atomic E-state index is 12.5. The van der Waals surface area contributed by atoms with Crippen molar-refractivity contribution in [3.05, 3.63) is 35.1 Å². The molecular weight excluding hydrogens is 401 g/mol. The first-order chi connectivity index (χ1) is 12.8. The molecule has 0 aliphatic rings. The molecular formula is C17H22ClF3N4OS. The molecule has 0 saturated carbocycles. The van der Waals surface area contributed by atoms with Crippen LogP contribution in [-0.2, 0) is 13.7 Å². The van der Waals surface area contributed by atoms with Gasteiger partial charge >= 0.3 is 6.18 Å². The summed E-state index contributed by atoms with van der Waals surface area (Å²) in [4.78, 5) is 1.39. The van der Waals surface area contributed by atoms with Crippen LogP contribution in [0.3, 0.4) is 0 Å². The van der Waals surface area contributed by atoms with Gasteiger partial charge in [-0.1, -0.05) is 42.4 Å². The van der Waals surface area contributed by atoms with Crippen LogP contribution in [0, 0.1) is 0 Å². The van der Waals surface area contributed by atoms with Crippen LogP contribution < -0.4 is 4.74 Å². The molecule has 0 aliphatic heterocycles. The number of hydrogen-bond donors (Lipinski definition) is 0. The normalized spacial score (nSPS) is 12.0. The van der Waals surface area contributed by atoms with E-state index in [-0.39, 0.29) is 6.61 Å². The van der Waals surface area contributed by atoms with E-state index in [1.807, 2.05) is 23.7 Å². The number of para-hydroxylation sites is 1. The van der Waals surface area contributed by atoms with Crippen LogP contribution >= 0.6 is 23.4 Å². The van der Waals surface area contributed by atoms with Crippen molar-refractivity contribution in [1.29, 1.82) is 0 Å². The van der Waals surface area contributed by atoms with Crippen molar-refractivity contribution in [3.8, 4) is 5.75 Å². The van der Waals surface area contributed by atoms with Crippen LogP contribution in [0.5, 0.6) is 5.75 Å². The molecule has 0 radical (unpaired) electrons. The van der Waals surface area contributed by atoms with Crippen LogP contribution in [0.15, 0.2) is 29.4 Å². The minimum absolute atomic E-state index is 0.225. The topological polar surface area (TPSA) is 43.2 Å². The third-order valence-corrected chi connectivity index (χ3v) is 5.24. The van der Waals surface area contributed by atoms with E-state index < -0.39 is 12.7 Å². The van der Waals surface area contributed by atoms with E-state index in [9.17, 15) is 13.2 Å². The average molecular weight is 423 g/mol. The quantitative estimate of drug-likeness (QED) is 0.419. The van der Waals surface area contributed by atoms with Gasteiger partial charge in [-0.2, -0.15) is 13.2 Å². The Morgan fingerprint density at radius 3 is 2.67 bits per heavy atom. The lowest BCUT2D eigenvalue weighted by atomic mass is 10.3. The van der Waals surface area contributed by atoms with Crippen molar-refractivity contribution < 1.29 is 17.9 Å². The Morgan fingerprint density at radius 1 is 1.26 bits per heavy atom. The summed E-state index contributed by atoms with van der Waals surface area (Å²) in [6.45, 7) is 1.85. The van der Waals surface area contributed by atoms with E-state index in [1.54, 1.807) is 19.1 Å². The number of rotatable bonds is 10. The Hall–Kier alpha value is -1.45. The van der Waals surface area contributed by atoms with Gasteiger partial charge in [-0.05, 0) is 31.6 Å². The van der Waals surface area contributed by atoms with Crippen LogP contribution in [0.25, 0.3) is 0 Å². The molecule has 0 saturated heterocycles. The van der Waals surface area contributed by atoms with Gasteiger partial charge in [0.2, 0.25) is 0 Å². The summed E-state index contributed by atoms with van der Waals surface area (Å²) >= 11 is 7.51. The lowest BCUT2D eigenvalue weighted by molar-refractivity contribution is -0.145. The molecule has 1 aromatic heterocycles. The number of thioether (sulfide) groups is 1. The molecule has 0 amide bonds. The molecule has 0 bridgehead atoms. The van der Waals surface area contributed by atoms with E-state index in [2.05, 4.69) is 10.2 Å². The molecule has 1 heterocycles. The molecule has 10 heteroatoms. The van der Waals surface area contributed by atoms with E-state index in [0.717, 1.165) is 0 Å². The first kappa shape index (κ1) is 21.8.